The summed E-state index contributed by atoms with van der Waals surface area (Å²) in [5.74, 6) is -0.438. The predicted molar refractivity (Wildman–Crippen MR) is 116 cm³/mol. The zero-order valence-corrected chi connectivity index (χ0v) is 17.3. The van der Waals surface area contributed by atoms with Crippen LogP contribution in [0.5, 0.6) is 0 Å². The monoisotopic (exact) mass is 409 g/mol. The van der Waals surface area contributed by atoms with Crippen LogP contribution in [0, 0.1) is 5.92 Å². The van der Waals surface area contributed by atoms with Crippen molar-refractivity contribution in [2.75, 3.05) is 28.6 Å². The maximum atomic E-state index is 13.0. The number of hydrogen-bond donors (Lipinski definition) is 3. The molecule has 2 aromatic rings. The lowest BCUT2D eigenvalue weighted by atomic mass is 9.92. The van der Waals surface area contributed by atoms with E-state index in [2.05, 4.69) is 27.5 Å². The molecule has 4 rings (SSSR count). The first-order valence-electron chi connectivity index (χ1n) is 10.5. The van der Waals surface area contributed by atoms with Gasteiger partial charge in [-0.15, -0.1) is 0 Å². The van der Waals surface area contributed by atoms with Crippen LogP contribution in [0.4, 0.5) is 17.5 Å². The molecule has 1 fully saturated rings. The van der Waals surface area contributed by atoms with E-state index in [1.165, 1.54) is 0 Å². The van der Waals surface area contributed by atoms with Crippen molar-refractivity contribution < 1.29 is 9.59 Å². The van der Waals surface area contributed by atoms with Gasteiger partial charge in [0.15, 0.2) is 0 Å². The highest BCUT2D eigenvalue weighted by molar-refractivity contribution is 6.04. The third kappa shape index (κ3) is 3.94. The molecule has 0 bridgehead atoms. The summed E-state index contributed by atoms with van der Waals surface area (Å²) < 4.78 is 0. The van der Waals surface area contributed by atoms with E-state index < -0.39 is 5.92 Å². The van der Waals surface area contributed by atoms with Gasteiger partial charge in [0, 0.05) is 25.2 Å². The Bertz CT molecular complexity index is 1030. The molecule has 158 valence electrons. The zero-order chi connectivity index (χ0) is 21.3. The van der Waals surface area contributed by atoms with Crippen molar-refractivity contribution in [1.29, 1.82) is 0 Å². The van der Waals surface area contributed by atoms with Crippen LogP contribution < -0.4 is 21.1 Å². The summed E-state index contributed by atoms with van der Waals surface area (Å²) in [6.07, 6.45) is 2.84. The van der Waals surface area contributed by atoms with Gasteiger partial charge in [0.1, 0.15) is 5.82 Å². The topological polar surface area (TPSA) is 107 Å². The predicted octanol–water partition coefficient (Wildman–Crippen LogP) is 2.63. The van der Waals surface area contributed by atoms with Crippen molar-refractivity contribution in [3.63, 3.8) is 0 Å². The van der Waals surface area contributed by atoms with Crippen LogP contribution in [0.15, 0.2) is 29.1 Å². The molecule has 0 unspecified atom stereocenters. The quantitative estimate of drug-likeness (QED) is 0.720. The van der Waals surface area contributed by atoms with Gasteiger partial charge in [-0.25, -0.2) is 0 Å². The standard InChI is InChI=1S/C22H27N5O3/c1-3-14-8-4-5-9-16(14)23-20(29)15-11-17(28)24-19-18(15)21(30)26-22(25-19)27-10-6-7-13(2)12-27/h4-5,8-9,13,15H,3,6-7,10-12H2,1-2H3,(H,23,29)(H2,24,25,26,28,30)/t13-,15-/m0/s1. The number of benzene rings is 1. The Balaban J connectivity index is 1.65. The Labute approximate surface area is 175 Å². The van der Waals surface area contributed by atoms with Gasteiger partial charge >= 0.3 is 0 Å². The Morgan fingerprint density at radius 3 is 2.87 bits per heavy atom. The SMILES string of the molecule is CCc1ccccc1NC(=O)[C@H]1CC(=O)Nc2nc(N3CCC[C@H](C)C3)[nH]c(=O)c21. The maximum Gasteiger partial charge on any atom is 0.258 e. The molecule has 0 aliphatic carbocycles. The fraction of sp³-hybridized carbons (Fsp3) is 0.455. The Hall–Kier alpha value is -3.16. The number of anilines is 3. The average Bonchev–Trinajstić information content (AvgIpc) is 2.73. The van der Waals surface area contributed by atoms with E-state index in [0.717, 1.165) is 37.9 Å². The number of nitrogens with zero attached hydrogens (tertiary/aromatic N) is 2. The highest BCUT2D eigenvalue weighted by atomic mass is 16.2. The number of aromatic amines is 1. The number of para-hydroxylation sites is 1. The fourth-order valence-corrected chi connectivity index (χ4v) is 4.29. The van der Waals surface area contributed by atoms with Crippen LogP contribution in [-0.4, -0.2) is 34.9 Å². The molecule has 2 aliphatic heterocycles. The number of rotatable bonds is 4. The lowest BCUT2D eigenvalue weighted by molar-refractivity contribution is -0.123. The zero-order valence-electron chi connectivity index (χ0n) is 17.3. The summed E-state index contributed by atoms with van der Waals surface area (Å²) in [6, 6.07) is 7.52. The Morgan fingerprint density at radius 2 is 2.10 bits per heavy atom. The summed E-state index contributed by atoms with van der Waals surface area (Å²) in [7, 11) is 0. The molecule has 0 spiro atoms. The first-order chi connectivity index (χ1) is 14.5. The number of hydrogen-bond acceptors (Lipinski definition) is 5. The molecule has 3 N–H and O–H groups in total. The molecule has 3 heterocycles. The van der Waals surface area contributed by atoms with Crippen molar-refractivity contribution >= 4 is 29.3 Å². The number of carbonyl (C=O) groups excluding carboxylic acids is 2. The van der Waals surface area contributed by atoms with Gasteiger partial charge in [-0.05, 0) is 36.8 Å². The fourth-order valence-electron chi connectivity index (χ4n) is 4.29. The van der Waals surface area contributed by atoms with Crippen molar-refractivity contribution in [2.45, 2.75) is 45.4 Å². The summed E-state index contributed by atoms with van der Waals surface area (Å²) in [4.78, 5) is 47.7. The van der Waals surface area contributed by atoms with Gasteiger partial charge in [-0.1, -0.05) is 32.0 Å². The Morgan fingerprint density at radius 1 is 1.30 bits per heavy atom. The minimum absolute atomic E-state index is 0.0853. The average molecular weight is 409 g/mol. The van der Waals surface area contributed by atoms with Crippen molar-refractivity contribution in [2.24, 2.45) is 5.92 Å². The van der Waals surface area contributed by atoms with E-state index in [1.807, 2.05) is 36.1 Å². The van der Waals surface area contributed by atoms with Crippen molar-refractivity contribution in [1.82, 2.24) is 9.97 Å². The lowest BCUT2D eigenvalue weighted by Crippen LogP contribution is -2.40. The van der Waals surface area contributed by atoms with Gasteiger partial charge < -0.3 is 15.5 Å². The van der Waals surface area contributed by atoms with Crippen molar-refractivity contribution in [3.05, 3.63) is 45.7 Å². The number of carbonyl (C=O) groups is 2. The molecule has 0 radical (unpaired) electrons. The molecule has 1 aromatic heterocycles. The molecular formula is C22H27N5O3. The molecule has 0 saturated carbocycles. The van der Waals surface area contributed by atoms with Gasteiger partial charge in [0.2, 0.25) is 17.8 Å². The van der Waals surface area contributed by atoms with E-state index in [-0.39, 0.29) is 35.2 Å². The van der Waals surface area contributed by atoms with Crippen molar-refractivity contribution in [3.8, 4) is 0 Å². The third-order valence-corrected chi connectivity index (χ3v) is 5.87. The van der Waals surface area contributed by atoms with Gasteiger partial charge in [0.05, 0.1) is 11.5 Å². The van der Waals surface area contributed by atoms with E-state index in [0.29, 0.717) is 17.6 Å². The number of nitrogens with one attached hydrogen (secondary N) is 3. The number of aryl methyl sites for hydroxylation is 1. The molecule has 2 atom stereocenters. The number of amides is 2. The van der Waals surface area contributed by atoms with Gasteiger partial charge in [-0.3, -0.25) is 19.4 Å². The van der Waals surface area contributed by atoms with Gasteiger partial charge in [-0.2, -0.15) is 4.98 Å². The van der Waals surface area contributed by atoms with Crippen LogP contribution in [0.25, 0.3) is 0 Å². The Kier molecular flexibility index (Phi) is 5.57. The first kappa shape index (κ1) is 20.1. The van der Waals surface area contributed by atoms with E-state index in [1.54, 1.807) is 0 Å². The molecule has 1 aromatic carbocycles. The van der Waals surface area contributed by atoms with Crippen LogP contribution >= 0.6 is 0 Å². The molecule has 8 heteroatoms. The van der Waals surface area contributed by atoms with E-state index in [4.69, 9.17) is 0 Å². The minimum atomic E-state index is -0.885. The number of piperidine rings is 1. The van der Waals surface area contributed by atoms with E-state index >= 15 is 0 Å². The second-order valence-corrected chi connectivity index (χ2v) is 8.15. The second kappa shape index (κ2) is 8.30. The maximum absolute atomic E-state index is 13.0. The largest absolute Gasteiger partial charge is 0.342 e. The number of aromatic nitrogens is 2. The summed E-state index contributed by atoms with van der Waals surface area (Å²) in [5.41, 5.74) is 1.53. The molecule has 30 heavy (non-hydrogen) atoms. The normalized spacial score (nSPS) is 21.0. The highest BCUT2D eigenvalue weighted by Gasteiger charge is 2.35. The molecule has 2 amide bonds. The molecule has 8 nitrogen and oxygen atoms in total. The molecule has 2 aliphatic rings. The summed E-state index contributed by atoms with van der Waals surface area (Å²) in [5, 5.41) is 5.58. The van der Waals surface area contributed by atoms with Crippen LogP contribution in [0.2, 0.25) is 0 Å². The van der Waals surface area contributed by atoms with Crippen LogP contribution in [-0.2, 0) is 16.0 Å². The van der Waals surface area contributed by atoms with Crippen LogP contribution in [0.1, 0.15) is 50.2 Å². The molecule has 1 saturated heterocycles. The smallest absolute Gasteiger partial charge is 0.258 e. The lowest BCUT2D eigenvalue weighted by Gasteiger charge is -2.32. The first-order valence-corrected chi connectivity index (χ1v) is 10.5. The van der Waals surface area contributed by atoms with Crippen LogP contribution in [0.3, 0.4) is 0 Å². The number of fused-ring (bicyclic) bond motifs is 1. The minimum Gasteiger partial charge on any atom is -0.342 e. The highest BCUT2D eigenvalue weighted by Crippen LogP contribution is 2.31. The molecular weight excluding hydrogens is 382 g/mol. The van der Waals surface area contributed by atoms with E-state index in [9.17, 15) is 14.4 Å². The van der Waals surface area contributed by atoms with Gasteiger partial charge in [0.25, 0.3) is 5.56 Å². The summed E-state index contributed by atoms with van der Waals surface area (Å²) in [6.45, 7) is 5.77. The third-order valence-electron chi connectivity index (χ3n) is 5.87. The summed E-state index contributed by atoms with van der Waals surface area (Å²) >= 11 is 0. The number of H-pyrrole nitrogens is 1. The second-order valence-electron chi connectivity index (χ2n) is 8.15.